The average Bonchev–Trinajstić information content (AvgIpc) is 3.00. The molecule has 1 aromatic rings. The number of carbonyl (C=O) groups excluding carboxylic acids is 2. The molecule has 5 nitrogen and oxygen atoms in total. The highest BCUT2D eigenvalue weighted by atomic mass is 19.4. The highest BCUT2D eigenvalue weighted by molar-refractivity contribution is 5.97. The van der Waals surface area contributed by atoms with E-state index >= 15 is 0 Å². The Hall–Kier alpha value is -2.09. The van der Waals surface area contributed by atoms with Crippen LogP contribution in [0.25, 0.3) is 0 Å². The third-order valence-corrected chi connectivity index (χ3v) is 3.95. The van der Waals surface area contributed by atoms with Crippen molar-refractivity contribution in [1.29, 1.82) is 0 Å². The number of halogens is 3. The van der Waals surface area contributed by atoms with E-state index in [0.717, 1.165) is 25.7 Å². The van der Waals surface area contributed by atoms with E-state index in [-0.39, 0.29) is 11.9 Å². The normalized spacial score (nSPS) is 15.2. The summed E-state index contributed by atoms with van der Waals surface area (Å²) in [4.78, 5) is 23.8. The van der Waals surface area contributed by atoms with Crippen LogP contribution in [0.1, 0.15) is 41.6 Å². The van der Waals surface area contributed by atoms with Crippen LogP contribution in [0.5, 0.6) is 0 Å². The summed E-state index contributed by atoms with van der Waals surface area (Å²) in [7, 11) is 0. The van der Waals surface area contributed by atoms with Crippen LogP contribution >= 0.6 is 0 Å². The van der Waals surface area contributed by atoms with Gasteiger partial charge in [-0.2, -0.15) is 13.2 Å². The Kier molecular flexibility index (Phi) is 6.41. The number of aryl methyl sites for hydroxylation is 1. The minimum atomic E-state index is -4.47. The van der Waals surface area contributed by atoms with Crippen molar-refractivity contribution in [3.63, 3.8) is 0 Å². The van der Waals surface area contributed by atoms with Crippen LogP contribution in [0.4, 0.5) is 18.9 Å². The van der Waals surface area contributed by atoms with E-state index in [1.54, 1.807) is 25.1 Å². The molecule has 0 unspecified atom stereocenters. The van der Waals surface area contributed by atoms with Crippen LogP contribution < -0.4 is 10.6 Å². The van der Waals surface area contributed by atoms with E-state index in [9.17, 15) is 22.8 Å². The molecule has 2 rings (SSSR count). The number of hydrogen-bond donors (Lipinski definition) is 2. The lowest BCUT2D eigenvalue weighted by molar-refractivity contribution is -0.174. The zero-order valence-corrected chi connectivity index (χ0v) is 13.9. The van der Waals surface area contributed by atoms with E-state index in [1.807, 2.05) is 0 Å². The van der Waals surface area contributed by atoms with E-state index in [4.69, 9.17) is 0 Å². The van der Waals surface area contributed by atoms with Crippen LogP contribution in [0.2, 0.25) is 0 Å². The maximum absolute atomic E-state index is 12.2. The predicted octanol–water partition coefficient (Wildman–Crippen LogP) is 3.18. The summed E-state index contributed by atoms with van der Waals surface area (Å²) in [6.45, 7) is -0.457. The second-order valence-corrected chi connectivity index (χ2v) is 6.14. The van der Waals surface area contributed by atoms with Gasteiger partial charge in [-0.15, -0.1) is 0 Å². The van der Waals surface area contributed by atoms with Crippen LogP contribution in [0.15, 0.2) is 18.2 Å². The zero-order chi connectivity index (χ0) is 18.4. The molecule has 1 aromatic carbocycles. The van der Waals surface area contributed by atoms with Crippen LogP contribution in [0, 0.1) is 6.92 Å². The Bertz CT molecular complexity index is 626. The number of ether oxygens (including phenoxy) is 1. The fourth-order valence-corrected chi connectivity index (χ4v) is 2.73. The first-order valence-electron chi connectivity index (χ1n) is 8.10. The summed E-state index contributed by atoms with van der Waals surface area (Å²) in [5.74, 6) is -0.850. The fourth-order valence-electron chi connectivity index (χ4n) is 2.73. The van der Waals surface area contributed by atoms with Gasteiger partial charge in [-0.1, -0.05) is 12.8 Å². The van der Waals surface area contributed by atoms with E-state index in [2.05, 4.69) is 15.4 Å². The van der Waals surface area contributed by atoms with Crippen molar-refractivity contribution in [1.82, 2.24) is 5.32 Å². The standard InChI is InChI=1S/C17H21F3N2O3/c1-11-8-12(16(24)21-13-4-2-3-5-13)6-7-14(11)22-15(23)9-25-10-17(18,19)20/h6-8,13H,2-5,9-10H2,1H3,(H,21,24)(H,22,23). The van der Waals surface area contributed by atoms with Crippen molar-refractivity contribution < 1.29 is 27.5 Å². The maximum Gasteiger partial charge on any atom is 0.411 e. The molecule has 1 fully saturated rings. The van der Waals surface area contributed by atoms with Gasteiger partial charge in [0.2, 0.25) is 5.91 Å². The number of anilines is 1. The summed E-state index contributed by atoms with van der Waals surface area (Å²) < 4.78 is 40.2. The number of hydrogen-bond acceptors (Lipinski definition) is 3. The molecule has 0 bridgehead atoms. The lowest BCUT2D eigenvalue weighted by Gasteiger charge is -2.14. The lowest BCUT2D eigenvalue weighted by Crippen LogP contribution is -2.32. The Labute approximate surface area is 143 Å². The highest BCUT2D eigenvalue weighted by Crippen LogP contribution is 2.20. The molecule has 0 saturated heterocycles. The number of rotatable bonds is 6. The van der Waals surface area contributed by atoms with Gasteiger partial charge in [0.1, 0.15) is 13.2 Å². The third-order valence-electron chi connectivity index (χ3n) is 3.95. The van der Waals surface area contributed by atoms with Crippen molar-refractivity contribution in [2.45, 2.75) is 44.8 Å². The van der Waals surface area contributed by atoms with E-state index < -0.39 is 25.3 Å². The summed E-state index contributed by atoms with van der Waals surface area (Å²) in [6, 6.07) is 4.97. The average molecular weight is 358 g/mol. The number of carbonyl (C=O) groups is 2. The van der Waals surface area contributed by atoms with Crippen molar-refractivity contribution in [3.8, 4) is 0 Å². The highest BCUT2D eigenvalue weighted by Gasteiger charge is 2.27. The van der Waals surface area contributed by atoms with Crippen LogP contribution in [0.3, 0.4) is 0 Å². The Morgan fingerprint density at radius 2 is 1.92 bits per heavy atom. The second-order valence-electron chi connectivity index (χ2n) is 6.14. The van der Waals surface area contributed by atoms with Crippen LogP contribution in [-0.4, -0.2) is 37.2 Å². The van der Waals surface area contributed by atoms with Gasteiger partial charge in [-0.25, -0.2) is 0 Å². The first-order valence-corrected chi connectivity index (χ1v) is 8.10. The number of amides is 2. The van der Waals surface area contributed by atoms with Gasteiger partial charge < -0.3 is 15.4 Å². The fraction of sp³-hybridized carbons (Fsp3) is 0.529. The molecule has 1 aliphatic carbocycles. The summed E-state index contributed by atoms with van der Waals surface area (Å²) in [5.41, 5.74) is 1.55. The number of nitrogens with one attached hydrogen (secondary N) is 2. The second kappa shape index (κ2) is 8.33. The Balaban J connectivity index is 1.88. The molecule has 138 valence electrons. The smallest absolute Gasteiger partial charge is 0.362 e. The van der Waals surface area contributed by atoms with Gasteiger partial charge in [-0.3, -0.25) is 9.59 Å². The largest absolute Gasteiger partial charge is 0.411 e. The Morgan fingerprint density at radius 3 is 2.52 bits per heavy atom. The molecule has 2 N–H and O–H groups in total. The minimum Gasteiger partial charge on any atom is -0.362 e. The molecule has 8 heteroatoms. The summed E-state index contributed by atoms with van der Waals surface area (Å²) >= 11 is 0. The summed E-state index contributed by atoms with van der Waals surface area (Å²) in [6.07, 6.45) is -0.269. The molecule has 0 spiro atoms. The van der Waals surface area contributed by atoms with Gasteiger partial charge in [0.25, 0.3) is 5.91 Å². The third kappa shape index (κ3) is 6.38. The molecule has 0 aromatic heterocycles. The quantitative estimate of drug-likeness (QED) is 0.821. The molecule has 1 saturated carbocycles. The van der Waals surface area contributed by atoms with Gasteiger partial charge in [0.05, 0.1) is 0 Å². The molecule has 0 aliphatic heterocycles. The first-order chi connectivity index (χ1) is 11.7. The Morgan fingerprint density at radius 1 is 1.24 bits per heavy atom. The van der Waals surface area contributed by atoms with Crippen LogP contribution in [-0.2, 0) is 9.53 Å². The van der Waals surface area contributed by atoms with Crippen molar-refractivity contribution in [2.24, 2.45) is 0 Å². The molecular formula is C17H21F3N2O3. The molecule has 2 amide bonds. The van der Waals surface area contributed by atoms with Gasteiger partial charge in [0, 0.05) is 17.3 Å². The molecule has 0 radical (unpaired) electrons. The monoisotopic (exact) mass is 358 g/mol. The van der Waals surface area contributed by atoms with E-state index in [0.29, 0.717) is 16.8 Å². The number of benzene rings is 1. The molecular weight excluding hydrogens is 337 g/mol. The van der Waals surface area contributed by atoms with Crippen molar-refractivity contribution in [2.75, 3.05) is 18.5 Å². The van der Waals surface area contributed by atoms with Gasteiger partial charge >= 0.3 is 6.18 Å². The van der Waals surface area contributed by atoms with Gasteiger partial charge in [-0.05, 0) is 43.5 Å². The van der Waals surface area contributed by atoms with Crippen molar-refractivity contribution in [3.05, 3.63) is 29.3 Å². The minimum absolute atomic E-state index is 0.165. The SMILES string of the molecule is Cc1cc(C(=O)NC2CCCC2)ccc1NC(=O)COCC(F)(F)F. The first kappa shape index (κ1) is 19.2. The molecule has 0 atom stereocenters. The number of alkyl halides is 3. The lowest BCUT2D eigenvalue weighted by atomic mass is 10.1. The topological polar surface area (TPSA) is 67.4 Å². The van der Waals surface area contributed by atoms with E-state index in [1.165, 1.54) is 0 Å². The predicted molar refractivity (Wildman–Crippen MR) is 86.4 cm³/mol. The van der Waals surface area contributed by atoms with Gasteiger partial charge in [0.15, 0.2) is 0 Å². The molecule has 1 aliphatic rings. The molecule has 0 heterocycles. The maximum atomic E-state index is 12.2. The van der Waals surface area contributed by atoms with Crippen molar-refractivity contribution >= 4 is 17.5 Å². The summed E-state index contributed by atoms with van der Waals surface area (Å²) in [5, 5.41) is 5.44. The zero-order valence-electron chi connectivity index (χ0n) is 13.9. The molecule has 25 heavy (non-hydrogen) atoms.